The Morgan fingerprint density at radius 3 is 2.40 bits per heavy atom. The SMILES string of the molecule is O=C(c1ccc(Cl)cc1)N1CCN(C2CN(c3ncnc4cc(C(F)(F)F)ccc34)CC2O)CC1. The van der Waals surface area contributed by atoms with Gasteiger partial charge in [-0.3, -0.25) is 9.69 Å². The number of hydrogen-bond donors (Lipinski definition) is 1. The molecule has 2 aromatic carbocycles. The molecule has 2 atom stereocenters. The Bertz CT molecular complexity index is 1230. The first-order valence-electron chi connectivity index (χ1n) is 11.2. The monoisotopic (exact) mass is 505 g/mol. The standard InChI is InChI=1S/C24H23ClF3N5O2/c25-17-4-1-15(2-5-17)23(35)32-9-7-31(8-10-32)20-12-33(13-21(20)34)22-18-6-3-16(24(26,27)28)11-19(18)29-14-30-22/h1-6,11,14,20-21,34H,7-10,12-13H2. The Kier molecular flexibility index (Phi) is 6.29. The molecule has 5 rings (SSSR count). The van der Waals surface area contributed by atoms with E-state index in [2.05, 4.69) is 14.9 Å². The van der Waals surface area contributed by atoms with E-state index < -0.39 is 17.8 Å². The molecule has 35 heavy (non-hydrogen) atoms. The molecule has 7 nitrogen and oxygen atoms in total. The minimum Gasteiger partial charge on any atom is -0.390 e. The van der Waals surface area contributed by atoms with E-state index >= 15 is 0 Å². The van der Waals surface area contributed by atoms with Crippen LogP contribution in [0.3, 0.4) is 0 Å². The van der Waals surface area contributed by atoms with Crippen molar-refractivity contribution in [3.05, 3.63) is 64.9 Å². The predicted octanol–water partition coefficient (Wildman–Crippen LogP) is 3.31. The molecule has 2 aliphatic heterocycles. The summed E-state index contributed by atoms with van der Waals surface area (Å²) in [6.45, 7) is 3.05. The number of carbonyl (C=O) groups excluding carboxylic acids is 1. The fourth-order valence-corrected chi connectivity index (χ4v) is 4.93. The van der Waals surface area contributed by atoms with E-state index in [4.69, 9.17) is 11.6 Å². The smallest absolute Gasteiger partial charge is 0.390 e. The third-order valence-electron chi connectivity index (χ3n) is 6.66. The number of nitrogens with zero attached hydrogens (tertiary/aromatic N) is 5. The van der Waals surface area contributed by atoms with Gasteiger partial charge in [0.05, 0.1) is 23.2 Å². The zero-order chi connectivity index (χ0) is 24.7. The first-order chi connectivity index (χ1) is 16.7. The molecule has 0 saturated carbocycles. The topological polar surface area (TPSA) is 72.8 Å². The lowest BCUT2D eigenvalue weighted by atomic mass is 10.1. The number of fused-ring (bicyclic) bond motifs is 1. The van der Waals surface area contributed by atoms with Crippen LogP contribution in [-0.4, -0.2) is 82.2 Å². The predicted molar refractivity (Wildman–Crippen MR) is 125 cm³/mol. The first kappa shape index (κ1) is 23.8. The van der Waals surface area contributed by atoms with Crippen LogP contribution in [0.15, 0.2) is 48.8 Å². The molecule has 1 N–H and O–H groups in total. The highest BCUT2D eigenvalue weighted by molar-refractivity contribution is 6.30. The number of carbonyl (C=O) groups is 1. The molecule has 3 heterocycles. The van der Waals surface area contributed by atoms with Gasteiger partial charge in [-0.2, -0.15) is 13.2 Å². The highest BCUT2D eigenvalue weighted by Crippen LogP contribution is 2.34. The average Bonchev–Trinajstić information content (AvgIpc) is 3.24. The molecular weight excluding hydrogens is 483 g/mol. The molecular formula is C24H23ClF3N5O2. The highest BCUT2D eigenvalue weighted by atomic mass is 35.5. The molecule has 1 aromatic heterocycles. The van der Waals surface area contributed by atoms with Gasteiger partial charge >= 0.3 is 6.18 Å². The van der Waals surface area contributed by atoms with Crippen LogP contribution in [0, 0.1) is 0 Å². The molecule has 2 unspecified atom stereocenters. The minimum absolute atomic E-state index is 0.0550. The lowest BCUT2D eigenvalue weighted by Crippen LogP contribution is -2.54. The minimum atomic E-state index is -4.45. The lowest BCUT2D eigenvalue weighted by Gasteiger charge is -2.38. The van der Waals surface area contributed by atoms with Gasteiger partial charge in [-0.05, 0) is 42.5 Å². The van der Waals surface area contributed by atoms with Crippen LogP contribution in [0.4, 0.5) is 19.0 Å². The molecule has 2 saturated heterocycles. The molecule has 0 radical (unpaired) electrons. The number of aromatic nitrogens is 2. The summed E-state index contributed by atoms with van der Waals surface area (Å²) in [7, 11) is 0. The van der Waals surface area contributed by atoms with Gasteiger partial charge in [0.1, 0.15) is 12.1 Å². The quantitative estimate of drug-likeness (QED) is 0.589. The van der Waals surface area contributed by atoms with E-state index in [0.717, 1.165) is 12.1 Å². The van der Waals surface area contributed by atoms with Gasteiger partial charge in [0, 0.05) is 55.2 Å². The van der Waals surface area contributed by atoms with Gasteiger partial charge in [-0.1, -0.05) is 11.6 Å². The van der Waals surface area contributed by atoms with Crippen molar-refractivity contribution in [3.63, 3.8) is 0 Å². The number of anilines is 1. The van der Waals surface area contributed by atoms with Crippen molar-refractivity contribution < 1.29 is 23.1 Å². The van der Waals surface area contributed by atoms with Gasteiger partial charge in [0.15, 0.2) is 0 Å². The highest BCUT2D eigenvalue weighted by Gasteiger charge is 2.38. The number of aliphatic hydroxyl groups is 1. The number of aliphatic hydroxyl groups excluding tert-OH is 1. The average molecular weight is 506 g/mol. The van der Waals surface area contributed by atoms with Gasteiger partial charge in [0.2, 0.25) is 0 Å². The maximum Gasteiger partial charge on any atom is 0.416 e. The van der Waals surface area contributed by atoms with E-state index in [1.54, 1.807) is 29.2 Å². The number of alkyl halides is 3. The number of benzene rings is 2. The summed E-state index contributed by atoms with van der Waals surface area (Å²) in [5.41, 5.74) is 0.0244. The maximum absolute atomic E-state index is 13.1. The van der Waals surface area contributed by atoms with Crippen molar-refractivity contribution in [1.29, 1.82) is 0 Å². The molecule has 11 heteroatoms. The van der Waals surface area contributed by atoms with E-state index in [0.29, 0.717) is 61.1 Å². The van der Waals surface area contributed by atoms with E-state index in [9.17, 15) is 23.1 Å². The zero-order valence-electron chi connectivity index (χ0n) is 18.6. The van der Waals surface area contributed by atoms with E-state index in [1.165, 1.54) is 12.4 Å². The largest absolute Gasteiger partial charge is 0.416 e. The van der Waals surface area contributed by atoms with Crippen LogP contribution in [0.25, 0.3) is 10.9 Å². The first-order valence-corrected chi connectivity index (χ1v) is 11.6. The van der Waals surface area contributed by atoms with Gasteiger partial charge in [-0.15, -0.1) is 0 Å². The lowest BCUT2D eigenvalue weighted by molar-refractivity contribution is -0.137. The molecule has 184 valence electrons. The third-order valence-corrected chi connectivity index (χ3v) is 6.92. The number of rotatable bonds is 3. The second-order valence-corrected chi connectivity index (χ2v) is 9.24. The molecule has 0 aliphatic carbocycles. The summed E-state index contributed by atoms with van der Waals surface area (Å²) in [6.07, 6.45) is -3.86. The molecule has 2 aliphatic rings. The van der Waals surface area contributed by atoms with Crippen LogP contribution in [-0.2, 0) is 6.18 Å². The van der Waals surface area contributed by atoms with Crippen molar-refractivity contribution in [2.75, 3.05) is 44.2 Å². The number of amides is 1. The van der Waals surface area contributed by atoms with Crippen LogP contribution in [0.2, 0.25) is 5.02 Å². The molecule has 0 bridgehead atoms. The molecule has 0 spiro atoms. The fourth-order valence-electron chi connectivity index (χ4n) is 4.80. The van der Waals surface area contributed by atoms with Crippen molar-refractivity contribution in [2.45, 2.75) is 18.3 Å². The summed E-state index contributed by atoms with van der Waals surface area (Å²) in [5.74, 6) is 0.447. The van der Waals surface area contributed by atoms with Crippen molar-refractivity contribution in [1.82, 2.24) is 19.8 Å². The third kappa shape index (κ3) is 4.78. The van der Waals surface area contributed by atoms with Crippen LogP contribution >= 0.6 is 11.6 Å². The Morgan fingerprint density at radius 1 is 1.00 bits per heavy atom. The van der Waals surface area contributed by atoms with Gasteiger partial charge < -0.3 is 14.9 Å². The van der Waals surface area contributed by atoms with Crippen molar-refractivity contribution >= 4 is 34.2 Å². The van der Waals surface area contributed by atoms with Crippen molar-refractivity contribution in [3.8, 4) is 0 Å². The number of piperazine rings is 1. The van der Waals surface area contributed by atoms with E-state index in [1.807, 2.05) is 4.90 Å². The Labute approximate surface area is 204 Å². The van der Waals surface area contributed by atoms with Crippen LogP contribution in [0.1, 0.15) is 15.9 Å². The van der Waals surface area contributed by atoms with Crippen molar-refractivity contribution in [2.24, 2.45) is 0 Å². The van der Waals surface area contributed by atoms with Gasteiger partial charge in [0.25, 0.3) is 5.91 Å². The molecule has 1 amide bonds. The number of halogens is 4. The maximum atomic E-state index is 13.1. The summed E-state index contributed by atoms with van der Waals surface area (Å²) in [5, 5.41) is 11.9. The van der Waals surface area contributed by atoms with Gasteiger partial charge in [-0.25, -0.2) is 9.97 Å². The number of β-amino-alcohol motifs (C(OH)–C–C–N with tert-alkyl or cyclic N) is 1. The summed E-state index contributed by atoms with van der Waals surface area (Å²) >= 11 is 5.91. The van der Waals surface area contributed by atoms with Crippen LogP contribution < -0.4 is 4.90 Å². The normalized spacial score (nSPS) is 21.6. The number of hydrogen-bond acceptors (Lipinski definition) is 6. The van der Waals surface area contributed by atoms with Crippen LogP contribution in [0.5, 0.6) is 0 Å². The van der Waals surface area contributed by atoms with E-state index in [-0.39, 0.29) is 17.5 Å². The molecule has 2 fully saturated rings. The second kappa shape index (κ2) is 9.25. The Balaban J connectivity index is 1.27. The summed E-state index contributed by atoms with van der Waals surface area (Å²) in [6, 6.07) is 10.0. The Hall–Kier alpha value is -2.95. The fraction of sp³-hybridized carbons (Fsp3) is 0.375. The second-order valence-electron chi connectivity index (χ2n) is 8.80. The Morgan fingerprint density at radius 2 is 1.71 bits per heavy atom. The summed E-state index contributed by atoms with van der Waals surface area (Å²) < 4.78 is 39.3. The zero-order valence-corrected chi connectivity index (χ0v) is 19.4. The summed E-state index contributed by atoms with van der Waals surface area (Å²) in [4.78, 5) is 26.9. The molecule has 3 aromatic rings.